The van der Waals surface area contributed by atoms with Gasteiger partial charge in [-0.05, 0) is 37.2 Å². The fraction of sp³-hybridized carbons (Fsp3) is 0.312. The molecule has 106 valence electrons. The number of para-hydroxylation sites is 1. The average Bonchev–Trinajstić information content (AvgIpc) is 2.53. The van der Waals surface area contributed by atoms with Gasteiger partial charge in [0.05, 0.1) is 26.0 Å². The molecule has 0 saturated carbocycles. The van der Waals surface area contributed by atoms with Gasteiger partial charge in [-0.1, -0.05) is 18.2 Å². The van der Waals surface area contributed by atoms with Gasteiger partial charge in [-0.25, -0.2) is 0 Å². The van der Waals surface area contributed by atoms with Gasteiger partial charge >= 0.3 is 0 Å². The highest BCUT2D eigenvalue weighted by atomic mass is 16.5. The molecule has 0 bridgehead atoms. The Kier molecular flexibility index (Phi) is 4.96. The summed E-state index contributed by atoms with van der Waals surface area (Å²) in [4.78, 5) is 4.44. The van der Waals surface area contributed by atoms with E-state index < -0.39 is 0 Å². The summed E-state index contributed by atoms with van der Waals surface area (Å²) in [5.74, 6) is 1.68. The first-order chi connectivity index (χ1) is 9.80. The lowest BCUT2D eigenvalue weighted by Gasteiger charge is -2.19. The van der Waals surface area contributed by atoms with Crippen molar-refractivity contribution in [3.63, 3.8) is 0 Å². The monoisotopic (exact) mass is 272 g/mol. The highest BCUT2D eigenvalue weighted by molar-refractivity contribution is 5.36. The lowest BCUT2D eigenvalue weighted by atomic mass is 10.0. The van der Waals surface area contributed by atoms with Crippen LogP contribution in [-0.2, 0) is 6.42 Å². The Morgan fingerprint density at radius 2 is 1.75 bits per heavy atom. The van der Waals surface area contributed by atoms with E-state index in [1.165, 1.54) is 0 Å². The van der Waals surface area contributed by atoms with Crippen LogP contribution in [0.1, 0.15) is 17.3 Å². The predicted molar refractivity (Wildman–Crippen MR) is 79.3 cm³/mol. The lowest BCUT2D eigenvalue weighted by molar-refractivity contribution is 0.391. The SMILES string of the molecule is CNC(Cc1ccccc1OC)c1ncccc1OC. The van der Waals surface area contributed by atoms with Gasteiger partial charge in [-0.2, -0.15) is 0 Å². The van der Waals surface area contributed by atoms with Crippen molar-refractivity contribution in [3.8, 4) is 11.5 Å². The number of methoxy groups -OCH3 is 2. The maximum absolute atomic E-state index is 5.40. The van der Waals surface area contributed by atoms with Crippen LogP contribution in [0.5, 0.6) is 11.5 Å². The molecule has 0 radical (unpaired) electrons. The zero-order valence-electron chi connectivity index (χ0n) is 12.1. The molecule has 2 rings (SSSR count). The predicted octanol–water partition coefficient (Wildman–Crippen LogP) is 2.60. The summed E-state index contributed by atoms with van der Waals surface area (Å²) in [6.07, 6.45) is 2.57. The van der Waals surface area contributed by atoms with Gasteiger partial charge in [0.2, 0.25) is 0 Å². The van der Waals surface area contributed by atoms with Crippen molar-refractivity contribution < 1.29 is 9.47 Å². The number of benzene rings is 1. The number of ether oxygens (including phenoxy) is 2. The molecule has 2 aromatic rings. The van der Waals surface area contributed by atoms with Crippen LogP contribution in [0.3, 0.4) is 0 Å². The van der Waals surface area contributed by atoms with E-state index in [1.807, 2.05) is 37.4 Å². The molecule has 1 N–H and O–H groups in total. The summed E-state index contributed by atoms with van der Waals surface area (Å²) >= 11 is 0. The van der Waals surface area contributed by atoms with Crippen molar-refractivity contribution in [1.82, 2.24) is 10.3 Å². The van der Waals surface area contributed by atoms with E-state index in [-0.39, 0.29) is 6.04 Å². The molecule has 1 aromatic carbocycles. The minimum Gasteiger partial charge on any atom is -0.496 e. The topological polar surface area (TPSA) is 43.4 Å². The van der Waals surface area contributed by atoms with Gasteiger partial charge in [0, 0.05) is 6.20 Å². The van der Waals surface area contributed by atoms with E-state index >= 15 is 0 Å². The molecule has 1 atom stereocenters. The smallest absolute Gasteiger partial charge is 0.141 e. The van der Waals surface area contributed by atoms with Crippen molar-refractivity contribution in [2.75, 3.05) is 21.3 Å². The molecule has 0 fully saturated rings. The number of likely N-dealkylation sites (N-methyl/N-ethyl adjacent to an activating group) is 1. The number of rotatable bonds is 6. The van der Waals surface area contributed by atoms with E-state index in [0.29, 0.717) is 0 Å². The number of nitrogens with one attached hydrogen (secondary N) is 1. The zero-order chi connectivity index (χ0) is 14.4. The molecule has 20 heavy (non-hydrogen) atoms. The molecular weight excluding hydrogens is 252 g/mol. The summed E-state index contributed by atoms with van der Waals surface area (Å²) in [6, 6.07) is 11.9. The number of nitrogens with zero attached hydrogens (tertiary/aromatic N) is 1. The van der Waals surface area contributed by atoms with Gasteiger partial charge in [-0.3, -0.25) is 4.98 Å². The van der Waals surface area contributed by atoms with Gasteiger partial charge in [-0.15, -0.1) is 0 Å². The van der Waals surface area contributed by atoms with E-state index in [1.54, 1.807) is 20.4 Å². The van der Waals surface area contributed by atoms with Crippen molar-refractivity contribution in [2.45, 2.75) is 12.5 Å². The van der Waals surface area contributed by atoms with E-state index in [4.69, 9.17) is 9.47 Å². The van der Waals surface area contributed by atoms with Gasteiger partial charge < -0.3 is 14.8 Å². The highest BCUT2D eigenvalue weighted by Crippen LogP contribution is 2.28. The molecule has 4 heteroatoms. The van der Waals surface area contributed by atoms with Gasteiger partial charge in [0.1, 0.15) is 11.5 Å². The Morgan fingerprint density at radius 3 is 2.45 bits per heavy atom. The quantitative estimate of drug-likeness (QED) is 0.878. The molecule has 4 nitrogen and oxygen atoms in total. The Hall–Kier alpha value is -2.07. The molecule has 1 aromatic heterocycles. The minimum atomic E-state index is 0.0717. The van der Waals surface area contributed by atoms with Crippen LogP contribution in [0.2, 0.25) is 0 Å². The maximum Gasteiger partial charge on any atom is 0.141 e. The minimum absolute atomic E-state index is 0.0717. The van der Waals surface area contributed by atoms with Crippen LogP contribution < -0.4 is 14.8 Å². The Balaban J connectivity index is 2.29. The summed E-state index contributed by atoms with van der Waals surface area (Å²) in [5, 5.41) is 3.29. The van der Waals surface area contributed by atoms with Crippen molar-refractivity contribution in [2.24, 2.45) is 0 Å². The fourth-order valence-electron chi connectivity index (χ4n) is 2.26. The third kappa shape index (κ3) is 3.08. The third-order valence-corrected chi connectivity index (χ3v) is 3.31. The Morgan fingerprint density at radius 1 is 1.05 bits per heavy atom. The van der Waals surface area contributed by atoms with Crippen LogP contribution >= 0.6 is 0 Å². The Bertz CT molecular complexity index is 558. The number of pyridine rings is 1. The van der Waals surface area contributed by atoms with Crippen molar-refractivity contribution in [3.05, 3.63) is 53.9 Å². The van der Waals surface area contributed by atoms with Gasteiger partial charge in [0.25, 0.3) is 0 Å². The molecule has 0 spiro atoms. The summed E-state index contributed by atoms with van der Waals surface area (Å²) in [7, 11) is 5.28. The average molecular weight is 272 g/mol. The lowest BCUT2D eigenvalue weighted by Crippen LogP contribution is -2.21. The Labute approximate surface area is 119 Å². The molecule has 0 aliphatic rings. The fourth-order valence-corrected chi connectivity index (χ4v) is 2.26. The summed E-state index contributed by atoms with van der Waals surface area (Å²) in [5.41, 5.74) is 2.05. The van der Waals surface area contributed by atoms with Crippen LogP contribution in [0.25, 0.3) is 0 Å². The number of hydrogen-bond donors (Lipinski definition) is 1. The second kappa shape index (κ2) is 6.91. The molecule has 0 amide bonds. The third-order valence-electron chi connectivity index (χ3n) is 3.31. The normalized spacial score (nSPS) is 11.9. The molecule has 0 aliphatic heterocycles. The molecule has 0 aliphatic carbocycles. The number of aromatic nitrogens is 1. The first-order valence-electron chi connectivity index (χ1n) is 6.58. The van der Waals surface area contributed by atoms with Crippen LogP contribution in [0.4, 0.5) is 0 Å². The molecule has 0 saturated heterocycles. The van der Waals surface area contributed by atoms with Crippen LogP contribution in [0.15, 0.2) is 42.6 Å². The number of hydrogen-bond acceptors (Lipinski definition) is 4. The summed E-state index contributed by atoms with van der Waals surface area (Å²) < 4.78 is 10.8. The maximum atomic E-state index is 5.40. The van der Waals surface area contributed by atoms with E-state index in [2.05, 4.69) is 16.4 Å². The molecule has 1 heterocycles. The largest absolute Gasteiger partial charge is 0.496 e. The van der Waals surface area contributed by atoms with Crippen LogP contribution in [0, 0.1) is 0 Å². The van der Waals surface area contributed by atoms with E-state index in [9.17, 15) is 0 Å². The van der Waals surface area contributed by atoms with Gasteiger partial charge in [0.15, 0.2) is 0 Å². The second-order valence-corrected chi connectivity index (χ2v) is 4.45. The highest BCUT2D eigenvalue weighted by Gasteiger charge is 2.17. The standard InChI is InChI=1S/C16H20N2O2/c1-17-13(16-15(20-3)9-6-10-18-16)11-12-7-4-5-8-14(12)19-2/h4-10,13,17H,11H2,1-3H3. The molecule has 1 unspecified atom stereocenters. The molecular formula is C16H20N2O2. The zero-order valence-corrected chi connectivity index (χ0v) is 12.1. The first kappa shape index (κ1) is 14.3. The van der Waals surface area contributed by atoms with Crippen LogP contribution in [-0.4, -0.2) is 26.3 Å². The second-order valence-electron chi connectivity index (χ2n) is 4.45. The first-order valence-corrected chi connectivity index (χ1v) is 6.58. The van der Waals surface area contributed by atoms with Crippen molar-refractivity contribution >= 4 is 0 Å². The summed E-state index contributed by atoms with van der Waals surface area (Å²) in [6.45, 7) is 0. The van der Waals surface area contributed by atoms with Crippen molar-refractivity contribution in [1.29, 1.82) is 0 Å². The van der Waals surface area contributed by atoms with E-state index in [0.717, 1.165) is 29.2 Å².